The quantitative estimate of drug-likeness (QED) is 0.218. The Labute approximate surface area is 227 Å². The molecule has 1 heterocycles. The fourth-order valence-corrected chi connectivity index (χ4v) is 4.87. The van der Waals surface area contributed by atoms with Crippen LogP contribution >= 0.6 is 0 Å². The second-order valence-electron chi connectivity index (χ2n) is 9.59. The zero-order valence-electron chi connectivity index (χ0n) is 22.7. The molecule has 1 amide bonds. The van der Waals surface area contributed by atoms with Crippen LogP contribution in [-0.4, -0.2) is 49.6 Å². The van der Waals surface area contributed by atoms with E-state index in [0.29, 0.717) is 34.8 Å². The van der Waals surface area contributed by atoms with Gasteiger partial charge in [-0.25, -0.2) is 4.39 Å². The van der Waals surface area contributed by atoms with Crippen molar-refractivity contribution in [2.45, 2.75) is 32.2 Å². The standard InChI is InChI=1S/C31H32FNO6/c1-18(2)23-16-21(9-12-24(23)37-3)29(34)27-28(20-8-13-25(38-4)26(17-20)39-5)33(31(36)30(27)35)15-14-19-6-10-22(32)11-7-19/h6-13,16-18,28,34H,14-15H2,1-5H3/b29-27+. The van der Waals surface area contributed by atoms with Crippen molar-refractivity contribution < 1.29 is 33.3 Å². The maximum Gasteiger partial charge on any atom is 0.295 e. The number of ketones is 1. The van der Waals surface area contributed by atoms with Gasteiger partial charge in [-0.1, -0.05) is 32.0 Å². The summed E-state index contributed by atoms with van der Waals surface area (Å²) in [6, 6.07) is 15.4. The highest BCUT2D eigenvalue weighted by Gasteiger charge is 2.46. The highest BCUT2D eigenvalue weighted by molar-refractivity contribution is 6.46. The van der Waals surface area contributed by atoms with E-state index in [0.717, 1.165) is 11.1 Å². The number of rotatable bonds is 9. The van der Waals surface area contributed by atoms with Crippen LogP contribution in [0, 0.1) is 5.82 Å². The molecule has 0 aromatic heterocycles. The lowest BCUT2D eigenvalue weighted by Crippen LogP contribution is -2.31. The molecule has 1 saturated heterocycles. The van der Waals surface area contributed by atoms with E-state index in [1.807, 2.05) is 13.8 Å². The molecule has 1 atom stereocenters. The van der Waals surface area contributed by atoms with E-state index in [4.69, 9.17) is 14.2 Å². The first-order chi connectivity index (χ1) is 18.7. The van der Waals surface area contributed by atoms with Crippen LogP contribution in [0.25, 0.3) is 5.76 Å². The van der Waals surface area contributed by atoms with E-state index >= 15 is 0 Å². The summed E-state index contributed by atoms with van der Waals surface area (Å²) in [5.41, 5.74) is 2.62. The summed E-state index contributed by atoms with van der Waals surface area (Å²) in [5.74, 6) is -0.479. The first-order valence-electron chi connectivity index (χ1n) is 12.6. The Morgan fingerprint density at radius 1 is 0.897 bits per heavy atom. The second kappa shape index (κ2) is 11.6. The van der Waals surface area contributed by atoms with Gasteiger partial charge in [0.1, 0.15) is 17.3 Å². The van der Waals surface area contributed by atoms with Crippen molar-refractivity contribution in [1.29, 1.82) is 0 Å². The number of halogens is 1. The molecular weight excluding hydrogens is 501 g/mol. The molecule has 204 valence electrons. The largest absolute Gasteiger partial charge is 0.507 e. The smallest absolute Gasteiger partial charge is 0.295 e. The van der Waals surface area contributed by atoms with Crippen LogP contribution in [0.4, 0.5) is 4.39 Å². The second-order valence-corrected chi connectivity index (χ2v) is 9.59. The molecule has 0 aliphatic carbocycles. The Morgan fingerprint density at radius 3 is 2.15 bits per heavy atom. The van der Waals surface area contributed by atoms with Gasteiger partial charge in [-0.2, -0.15) is 0 Å². The first kappa shape index (κ1) is 27.7. The van der Waals surface area contributed by atoms with Gasteiger partial charge >= 0.3 is 0 Å². The molecule has 1 fully saturated rings. The van der Waals surface area contributed by atoms with Crippen LogP contribution in [-0.2, 0) is 16.0 Å². The normalized spacial score (nSPS) is 16.6. The molecule has 0 spiro atoms. The Balaban J connectivity index is 1.85. The van der Waals surface area contributed by atoms with Crippen molar-refractivity contribution in [2.75, 3.05) is 27.9 Å². The van der Waals surface area contributed by atoms with Gasteiger partial charge < -0.3 is 24.2 Å². The van der Waals surface area contributed by atoms with Gasteiger partial charge in [0.2, 0.25) is 0 Å². The SMILES string of the molecule is COc1ccc(C2/C(=C(\O)c3ccc(OC)c(C(C)C)c3)C(=O)C(=O)N2CCc2ccc(F)cc2)cc1OC. The summed E-state index contributed by atoms with van der Waals surface area (Å²) in [7, 11) is 4.59. The topological polar surface area (TPSA) is 85.3 Å². The number of nitrogens with zero attached hydrogens (tertiary/aromatic N) is 1. The van der Waals surface area contributed by atoms with E-state index in [1.165, 1.54) is 31.3 Å². The molecular formula is C31H32FNO6. The fourth-order valence-electron chi connectivity index (χ4n) is 4.87. The lowest BCUT2D eigenvalue weighted by Gasteiger charge is -2.26. The molecule has 0 saturated carbocycles. The maximum atomic E-state index is 13.5. The van der Waals surface area contributed by atoms with Gasteiger partial charge in [0.05, 0.1) is 32.9 Å². The number of carbonyl (C=O) groups excluding carboxylic acids is 2. The van der Waals surface area contributed by atoms with E-state index in [2.05, 4.69) is 0 Å². The highest BCUT2D eigenvalue weighted by Crippen LogP contribution is 2.42. The predicted octanol–water partition coefficient (Wildman–Crippen LogP) is 5.64. The molecule has 3 aromatic rings. The molecule has 7 nitrogen and oxygen atoms in total. The summed E-state index contributed by atoms with van der Waals surface area (Å²) in [6.45, 7) is 4.17. The number of benzene rings is 3. The van der Waals surface area contributed by atoms with Crippen molar-refractivity contribution >= 4 is 17.4 Å². The highest BCUT2D eigenvalue weighted by atomic mass is 19.1. The summed E-state index contributed by atoms with van der Waals surface area (Å²) in [5, 5.41) is 11.5. The number of hydrogen-bond acceptors (Lipinski definition) is 6. The third-order valence-electron chi connectivity index (χ3n) is 6.94. The molecule has 4 rings (SSSR count). The predicted molar refractivity (Wildman–Crippen MR) is 146 cm³/mol. The van der Waals surface area contributed by atoms with E-state index in [-0.39, 0.29) is 29.6 Å². The molecule has 1 N–H and O–H groups in total. The Bertz CT molecular complexity index is 1410. The van der Waals surface area contributed by atoms with Crippen molar-refractivity contribution in [1.82, 2.24) is 4.90 Å². The Morgan fingerprint density at radius 2 is 1.54 bits per heavy atom. The van der Waals surface area contributed by atoms with Crippen LogP contribution in [0.1, 0.15) is 48.1 Å². The number of methoxy groups -OCH3 is 3. The summed E-state index contributed by atoms with van der Waals surface area (Å²) in [4.78, 5) is 28.2. The molecule has 39 heavy (non-hydrogen) atoms. The molecule has 0 radical (unpaired) electrons. The number of carbonyl (C=O) groups is 2. The third-order valence-corrected chi connectivity index (χ3v) is 6.94. The number of likely N-dealkylation sites (tertiary alicyclic amines) is 1. The average molecular weight is 534 g/mol. The lowest BCUT2D eigenvalue weighted by molar-refractivity contribution is -0.139. The van der Waals surface area contributed by atoms with E-state index < -0.39 is 17.7 Å². The van der Waals surface area contributed by atoms with E-state index in [9.17, 15) is 19.1 Å². The minimum absolute atomic E-state index is 0.0220. The van der Waals surface area contributed by atoms with Crippen LogP contribution < -0.4 is 14.2 Å². The fraction of sp³-hybridized carbons (Fsp3) is 0.290. The number of aliphatic hydroxyl groups excluding tert-OH is 1. The van der Waals surface area contributed by atoms with Crippen molar-refractivity contribution in [3.63, 3.8) is 0 Å². The zero-order chi connectivity index (χ0) is 28.3. The molecule has 3 aromatic carbocycles. The molecule has 1 aliphatic rings. The minimum atomic E-state index is -0.880. The third kappa shape index (κ3) is 5.46. The number of Topliss-reactive ketones (excluding diaryl/α,β-unsaturated/α-hetero) is 1. The molecule has 8 heteroatoms. The average Bonchev–Trinajstić information content (AvgIpc) is 3.20. The van der Waals surface area contributed by atoms with Crippen LogP contribution in [0.3, 0.4) is 0 Å². The maximum absolute atomic E-state index is 13.5. The van der Waals surface area contributed by atoms with Gasteiger partial charge in [0.25, 0.3) is 11.7 Å². The van der Waals surface area contributed by atoms with Gasteiger partial charge in [-0.3, -0.25) is 9.59 Å². The monoisotopic (exact) mass is 533 g/mol. The summed E-state index contributed by atoms with van der Waals surface area (Å²) < 4.78 is 29.7. The van der Waals surface area contributed by atoms with Gasteiger partial charge in [-0.05, 0) is 71.5 Å². The van der Waals surface area contributed by atoms with Crippen molar-refractivity contribution in [3.8, 4) is 17.2 Å². The van der Waals surface area contributed by atoms with E-state index in [1.54, 1.807) is 55.6 Å². The Hall–Kier alpha value is -4.33. The van der Waals surface area contributed by atoms with Crippen molar-refractivity contribution in [3.05, 3.63) is 94.3 Å². The summed E-state index contributed by atoms with van der Waals surface area (Å²) in [6.07, 6.45) is 0.386. The van der Waals surface area contributed by atoms with Crippen molar-refractivity contribution in [2.24, 2.45) is 0 Å². The lowest BCUT2D eigenvalue weighted by atomic mass is 9.93. The van der Waals surface area contributed by atoms with Crippen LogP contribution in [0.5, 0.6) is 17.2 Å². The van der Waals surface area contributed by atoms with Gasteiger partial charge in [-0.15, -0.1) is 0 Å². The van der Waals surface area contributed by atoms with Crippen LogP contribution in [0.15, 0.2) is 66.2 Å². The minimum Gasteiger partial charge on any atom is -0.507 e. The number of aliphatic hydroxyl groups is 1. The Kier molecular flexibility index (Phi) is 8.24. The first-order valence-corrected chi connectivity index (χ1v) is 12.6. The summed E-state index contributed by atoms with van der Waals surface area (Å²) >= 11 is 0. The van der Waals surface area contributed by atoms with Gasteiger partial charge in [0, 0.05) is 12.1 Å². The zero-order valence-corrected chi connectivity index (χ0v) is 22.7. The molecule has 0 bridgehead atoms. The number of hydrogen-bond donors (Lipinski definition) is 1. The molecule has 1 unspecified atom stereocenters. The van der Waals surface area contributed by atoms with Gasteiger partial charge in [0.15, 0.2) is 11.5 Å². The molecule has 1 aliphatic heterocycles. The number of amides is 1. The number of ether oxygens (including phenoxy) is 3. The van der Waals surface area contributed by atoms with Crippen LogP contribution in [0.2, 0.25) is 0 Å².